The highest BCUT2D eigenvalue weighted by atomic mass is 79.9. The molecule has 1 N–H and O–H groups in total. The van der Waals surface area contributed by atoms with Crippen LogP contribution in [0.4, 0.5) is 5.13 Å². The molecule has 1 amide bonds. The van der Waals surface area contributed by atoms with Crippen LogP contribution in [0.2, 0.25) is 0 Å². The first kappa shape index (κ1) is 15.1. The van der Waals surface area contributed by atoms with Crippen molar-refractivity contribution >= 4 is 49.6 Å². The molecule has 112 valence electrons. The van der Waals surface area contributed by atoms with E-state index in [-0.39, 0.29) is 5.91 Å². The van der Waals surface area contributed by atoms with Crippen molar-refractivity contribution < 1.29 is 4.79 Å². The quantitative estimate of drug-likeness (QED) is 0.868. The van der Waals surface area contributed by atoms with E-state index in [0.29, 0.717) is 16.1 Å². The minimum Gasteiger partial charge on any atom is -0.297 e. The maximum atomic E-state index is 12.1. The Bertz CT molecular complexity index is 665. The Morgan fingerprint density at radius 1 is 1.43 bits per heavy atom. The van der Waals surface area contributed by atoms with Crippen molar-refractivity contribution in [1.29, 1.82) is 0 Å². The molecule has 7 heteroatoms. The fraction of sp³-hybridized carbons (Fsp3) is 0.429. The summed E-state index contributed by atoms with van der Waals surface area (Å²) in [6.45, 7) is 6.40. The minimum atomic E-state index is -0.0856. The zero-order chi connectivity index (χ0) is 15.0. The number of amides is 1. The highest BCUT2D eigenvalue weighted by molar-refractivity contribution is 9.11. The molecular formula is C14H16BrN3OS2. The third kappa shape index (κ3) is 3.36. The van der Waals surface area contributed by atoms with Gasteiger partial charge in [-0.3, -0.25) is 15.0 Å². The van der Waals surface area contributed by atoms with E-state index in [1.165, 1.54) is 16.2 Å². The van der Waals surface area contributed by atoms with Crippen molar-refractivity contribution in [3.63, 3.8) is 0 Å². The van der Waals surface area contributed by atoms with Gasteiger partial charge in [0.1, 0.15) is 0 Å². The van der Waals surface area contributed by atoms with Gasteiger partial charge in [-0.05, 0) is 41.9 Å². The first-order chi connectivity index (χ1) is 10.0. The maximum absolute atomic E-state index is 12.1. The van der Waals surface area contributed by atoms with Crippen LogP contribution in [0.15, 0.2) is 15.9 Å². The zero-order valence-electron chi connectivity index (χ0n) is 11.9. The average Bonchev–Trinajstić information content (AvgIpc) is 3.03. The third-order valence-corrected chi connectivity index (χ3v) is 6.13. The van der Waals surface area contributed by atoms with Crippen molar-refractivity contribution in [3.8, 4) is 0 Å². The Kier molecular flexibility index (Phi) is 4.44. The van der Waals surface area contributed by atoms with Crippen molar-refractivity contribution in [2.24, 2.45) is 0 Å². The second-order valence-electron chi connectivity index (χ2n) is 5.26. The summed E-state index contributed by atoms with van der Waals surface area (Å²) in [7, 11) is 0. The molecule has 21 heavy (non-hydrogen) atoms. The number of hydrogen-bond acceptors (Lipinski definition) is 5. The smallest absolute Gasteiger partial charge is 0.267 e. The van der Waals surface area contributed by atoms with Gasteiger partial charge >= 0.3 is 0 Å². The normalized spacial score (nSPS) is 15.2. The number of halogens is 1. The van der Waals surface area contributed by atoms with Crippen LogP contribution < -0.4 is 5.32 Å². The standard InChI is InChI=1S/C14H16BrN3OS2/c1-8(2)18-6-5-9-11(7-18)21-14(16-9)17-13(19)10-3-4-12(15)20-10/h3-4,8H,5-7H2,1-2H3,(H,16,17,19). The Labute approximate surface area is 140 Å². The van der Waals surface area contributed by atoms with Crippen LogP contribution in [0.25, 0.3) is 0 Å². The van der Waals surface area contributed by atoms with E-state index in [9.17, 15) is 4.79 Å². The van der Waals surface area contributed by atoms with Crippen LogP contribution in [-0.2, 0) is 13.0 Å². The highest BCUT2D eigenvalue weighted by Gasteiger charge is 2.23. The largest absolute Gasteiger partial charge is 0.297 e. The van der Waals surface area contributed by atoms with Crippen molar-refractivity contribution in [1.82, 2.24) is 9.88 Å². The molecule has 0 radical (unpaired) electrons. The lowest BCUT2D eigenvalue weighted by Crippen LogP contribution is -2.35. The minimum absolute atomic E-state index is 0.0856. The average molecular weight is 386 g/mol. The third-order valence-electron chi connectivity index (χ3n) is 3.51. The predicted molar refractivity (Wildman–Crippen MR) is 91.3 cm³/mol. The molecule has 0 bridgehead atoms. The van der Waals surface area contributed by atoms with Gasteiger partial charge in [0, 0.05) is 30.4 Å². The van der Waals surface area contributed by atoms with E-state index >= 15 is 0 Å². The fourth-order valence-electron chi connectivity index (χ4n) is 2.30. The SMILES string of the molecule is CC(C)N1CCc2nc(NC(=O)c3ccc(Br)s3)sc2C1. The van der Waals surface area contributed by atoms with Crippen LogP contribution in [0.1, 0.15) is 34.1 Å². The molecule has 0 unspecified atom stereocenters. The van der Waals surface area contributed by atoms with Gasteiger partial charge in [-0.2, -0.15) is 0 Å². The van der Waals surface area contributed by atoms with Crippen LogP contribution >= 0.6 is 38.6 Å². The number of thiazole rings is 1. The van der Waals surface area contributed by atoms with E-state index in [1.54, 1.807) is 11.3 Å². The number of nitrogens with one attached hydrogen (secondary N) is 1. The summed E-state index contributed by atoms with van der Waals surface area (Å²) in [5, 5.41) is 3.62. The van der Waals surface area contributed by atoms with E-state index in [2.05, 4.69) is 45.0 Å². The first-order valence-electron chi connectivity index (χ1n) is 6.82. The molecule has 0 aromatic carbocycles. The van der Waals surface area contributed by atoms with Gasteiger partial charge in [-0.1, -0.05) is 0 Å². The van der Waals surface area contributed by atoms with Crippen LogP contribution in [-0.4, -0.2) is 28.4 Å². The number of carbonyl (C=O) groups is 1. The summed E-state index contributed by atoms with van der Waals surface area (Å²) in [4.78, 5) is 21.1. The van der Waals surface area contributed by atoms with Gasteiger partial charge in [-0.25, -0.2) is 4.98 Å². The molecule has 2 aromatic heterocycles. The van der Waals surface area contributed by atoms with Crippen LogP contribution in [0.5, 0.6) is 0 Å². The van der Waals surface area contributed by atoms with Gasteiger partial charge in [0.25, 0.3) is 5.91 Å². The molecule has 1 aliphatic rings. The molecule has 0 spiro atoms. The monoisotopic (exact) mass is 385 g/mol. The number of nitrogens with zero attached hydrogens (tertiary/aromatic N) is 2. The Hall–Kier alpha value is -0.760. The van der Waals surface area contributed by atoms with Crippen molar-refractivity contribution in [2.75, 3.05) is 11.9 Å². The number of fused-ring (bicyclic) bond motifs is 1. The topological polar surface area (TPSA) is 45.2 Å². The summed E-state index contributed by atoms with van der Waals surface area (Å²) in [6.07, 6.45) is 0.963. The Morgan fingerprint density at radius 2 is 2.24 bits per heavy atom. The molecule has 0 aliphatic carbocycles. The lowest BCUT2D eigenvalue weighted by atomic mass is 10.1. The molecule has 4 nitrogen and oxygen atoms in total. The van der Waals surface area contributed by atoms with Crippen LogP contribution in [0.3, 0.4) is 0 Å². The summed E-state index contributed by atoms with van der Waals surface area (Å²) in [6, 6.07) is 4.24. The van der Waals surface area contributed by atoms with Gasteiger partial charge in [0.2, 0.25) is 0 Å². The molecule has 0 saturated heterocycles. The molecule has 0 fully saturated rings. The second kappa shape index (κ2) is 6.16. The molecule has 0 saturated carbocycles. The summed E-state index contributed by atoms with van der Waals surface area (Å²) in [5.41, 5.74) is 1.14. The van der Waals surface area contributed by atoms with Gasteiger partial charge in [0.15, 0.2) is 5.13 Å². The highest BCUT2D eigenvalue weighted by Crippen LogP contribution is 2.30. The first-order valence-corrected chi connectivity index (χ1v) is 9.25. The Balaban J connectivity index is 1.72. The van der Waals surface area contributed by atoms with E-state index in [1.807, 2.05) is 12.1 Å². The van der Waals surface area contributed by atoms with Gasteiger partial charge < -0.3 is 0 Å². The molecule has 3 heterocycles. The van der Waals surface area contributed by atoms with Crippen molar-refractivity contribution in [2.45, 2.75) is 32.9 Å². The summed E-state index contributed by atoms with van der Waals surface area (Å²) in [5.74, 6) is -0.0856. The van der Waals surface area contributed by atoms with E-state index in [0.717, 1.165) is 29.0 Å². The van der Waals surface area contributed by atoms with E-state index < -0.39 is 0 Å². The van der Waals surface area contributed by atoms with Gasteiger partial charge in [-0.15, -0.1) is 22.7 Å². The summed E-state index contributed by atoms with van der Waals surface area (Å²) >= 11 is 6.39. The Morgan fingerprint density at radius 3 is 2.90 bits per heavy atom. The van der Waals surface area contributed by atoms with Crippen molar-refractivity contribution in [3.05, 3.63) is 31.4 Å². The number of anilines is 1. The molecule has 3 rings (SSSR count). The fourth-order valence-corrected chi connectivity index (χ4v) is 4.61. The molecule has 2 aromatic rings. The summed E-state index contributed by atoms with van der Waals surface area (Å²) < 4.78 is 0.957. The van der Waals surface area contributed by atoms with E-state index in [4.69, 9.17) is 0 Å². The molecule has 1 aliphatic heterocycles. The lowest BCUT2D eigenvalue weighted by Gasteiger charge is -2.29. The molecular weight excluding hydrogens is 370 g/mol. The zero-order valence-corrected chi connectivity index (χ0v) is 15.1. The number of rotatable bonds is 3. The number of aromatic nitrogens is 1. The number of hydrogen-bond donors (Lipinski definition) is 1. The molecule has 0 atom stereocenters. The number of thiophene rings is 1. The van der Waals surface area contributed by atoms with Crippen LogP contribution in [0, 0.1) is 0 Å². The lowest BCUT2D eigenvalue weighted by molar-refractivity contribution is 0.103. The number of carbonyl (C=O) groups excluding carboxylic acids is 1. The maximum Gasteiger partial charge on any atom is 0.267 e. The van der Waals surface area contributed by atoms with Gasteiger partial charge in [0.05, 0.1) is 14.4 Å². The second-order valence-corrected chi connectivity index (χ2v) is 8.81. The predicted octanol–water partition coefficient (Wildman–Crippen LogP) is 3.99.